The molecule has 0 amide bonds. The van der Waals surface area contributed by atoms with Crippen LogP contribution in [0.4, 0.5) is 10.2 Å². The van der Waals surface area contributed by atoms with E-state index < -0.39 is 5.82 Å². The van der Waals surface area contributed by atoms with Gasteiger partial charge in [-0.2, -0.15) is 0 Å². The Kier molecular flexibility index (Phi) is 3.84. The highest BCUT2D eigenvalue weighted by Crippen LogP contribution is 2.33. The van der Waals surface area contributed by atoms with E-state index >= 15 is 0 Å². The molecule has 0 fully saturated rings. The molecule has 0 unspecified atom stereocenters. The third-order valence-corrected chi connectivity index (χ3v) is 3.24. The van der Waals surface area contributed by atoms with E-state index in [9.17, 15) is 4.39 Å². The summed E-state index contributed by atoms with van der Waals surface area (Å²) in [6.07, 6.45) is 0. The van der Waals surface area contributed by atoms with Crippen LogP contribution in [-0.2, 0) is 5.41 Å². The van der Waals surface area contributed by atoms with E-state index in [1.54, 1.807) is 6.07 Å². The molecule has 4 heteroatoms. The van der Waals surface area contributed by atoms with Crippen molar-refractivity contribution in [3.63, 3.8) is 0 Å². The van der Waals surface area contributed by atoms with Gasteiger partial charge in [0.1, 0.15) is 5.82 Å². The van der Waals surface area contributed by atoms with Gasteiger partial charge in [0.25, 0.3) is 0 Å². The number of anilines is 1. The molecule has 1 heterocycles. The molecule has 0 aliphatic heterocycles. The number of ether oxygens (including phenoxy) is 1. The number of nitrogens with zero attached hydrogens (tertiary/aromatic N) is 1. The van der Waals surface area contributed by atoms with E-state index in [2.05, 4.69) is 37.1 Å². The molecule has 0 bridgehead atoms. The van der Waals surface area contributed by atoms with Gasteiger partial charge in [0.05, 0.1) is 12.6 Å². The van der Waals surface area contributed by atoms with Gasteiger partial charge in [-0.15, -0.1) is 0 Å². The predicted molar refractivity (Wildman–Crippen MR) is 81.1 cm³/mol. The van der Waals surface area contributed by atoms with Gasteiger partial charge in [-0.05, 0) is 24.5 Å². The molecular weight excluding hydrogens is 255 g/mol. The van der Waals surface area contributed by atoms with Crippen LogP contribution in [-0.4, -0.2) is 18.6 Å². The summed E-state index contributed by atoms with van der Waals surface area (Å²) in [5.41, 5.74) is 1.70. The molecule has 0 saturated carbocycles. The van der Waals surface area contributed by atoms with Crippen molar-refractivity contribution in [1.82, 2.24) is 4.98 Å². The number of halogens is 1. The maximum Gasteiger partial charge on any atom is 0.167 e. The molecule has 0 aliphatic carbocycles. The van der Waals surface area contributed by atoms with Crippen molar-refractivity contribution in [1.29, 1.82) is 0 Å². The molecule has 3 nitrogen and oxygen atoms in total. The van der Waals surface area contributed by atoms with Gasteiger partial charge in [0, 0.05) is 23.6 Å². The van der Waals surface area contributed by atoms with Crippen LogP contribution in [0.2, 0.25) is 0 Å². The summed E-state index contributed by atoms with van der Waals surface area (Å²) in [6, 6.07) is 5.17. The van der Waals surface area contributed by atoms with Crippen molar-refractivity contribution in [3.8, 4) is 5.75 Å². The zero-order valence-corrected chi connectivity index (χ0v) is 12.7. The minimum absolute atomic E-state index is 0.0414. The summed E-state index contributed by atoms with van der Waals surface area (Å²) in [5, 5.41) is 4.14. The number of rotatable bonds is 3. The number of hydrogen-bond donors (Lipinski definition) is 1. The zero-order valence-electron chi connectivity index (χ0n) is 12.7. The highest BCUT2D eigenvalue weighted by atomic mass is 19.1. The molecule has 1 aromatic carbocycles. The van der Waals surface area contributed by atoms with Crippen LogP contribution in [0.1, 0.15) is 33.3 Å². The molecule has 0 aliphatic rings. The summed E-state index contributed by atoms with van der Waals surface area (Å²) in [6.45, 7) is 9.21. The van der Waals surface area contributed by atoms with E-state index in [1.807, 2.05) is 6.92 Å². The van der Waals surface area contributed by atoms with Gasteiger partial charge in [0.2, 0.25) is 0 Å². The number of pyridine rings is 1. The zero-order chi connectivity index (χ0) is 14.9. The molecule has 20 heavy (non-hydrogen) atoms. The van der Waals surface area contributed by atoms with Crippen LogP contribution in [0.5, 0.6) is 5.75 Å². The molecule has 0 atom stereocenters. The lowest BCUT2D eigenvalue weighted by molar-refractivity contribution is 0.387. The quantitative estimate of drug-likeness (QED) is 0.916. The van der Waals surface area contributed by atoms with E-state index in [4.69, 9.17) is 4.74 Å². The van der Waals surface area contributed by atoms with Gasteiger partial charge >= 0.3 is 0 Å². The lowest BCUT2D eigenvalue weighted by Gasteiger charge is -2.23. The normalized spacial score (nSPS) is 11.7. The second-order valence-electron chi connectivity index (χ2n) is 5.84. The monoisotopic (exact) mass is 276 g/mol. The maximum atomic E-state index is 13.8. The van der Waals surface area contributed by atoms with Crippen molar-refractivity contribution in [2.75, 3.05) is 19.0 Å². The highest BCUT2D eigenvalue weighted by molar-refractivity contribution is 5.83. The summed E-state index contributed by atoms with van der Waals surface area (Å²) >= 11 is 0. The minimum Gasteiger partial charge on any atom is -0.494 e. The first-order valence-electron chi connectivity index (χ1n) is 6.79. The van der Waals surface area contributed by atoms with E-state index in [0.717, 1.165) is 23.3 Å². The number of hydrogen-bond acceptors (Lipinski definition) is 3. The summed E-state index contributed by atoms with van der Waals surface area (Å²) in [7, 11) is 1.47. The average Bonchev–Trinajstić information content (AvgIpc) is 2.36. The van der Waals surface area contributed by atoms with Gasteiger partial charge in [-0.1, -0.05) is 20.8 Å². The summed E-state index contributed by atoms with van der Waals surface area (Å²) < 4.78 is 18.8. The van der Waals surface area contributed by atoms with Gasteiger partial charge in [0.15, 0.2) is 11.6 Å². The Morgan fingerprint density at radius 1 is 1.25 bits per heavy atom. The lowest BCUT2D eigenvalue weighted by atomic mass is 9.86. The minimum atomic E-state index is -0.390. The van der Waals surface area contributed by atoms with Crippen molar-refractivity contribution in [3.05, 3.63) is 29.6 Å². The van der Waals surface area contributed by atoms with Crippen molar-refractivity contribution in [2.24, 2.45) is 0 Å². The molecule has 0 saturated heterocycles. The first-order valence-corrected chi connectivity index (χ1v) is 6.79. The van der Waals surface area contributed by atoms with Gasteiger partial charge in [-0.3, -0.25) is 0 Å². The Labute approximate surface area is 119 Å². The number of aromatic nitrogens is 1. The first-order chi connectivity index (χ1) is 9.36. The van der Waals surface area contributed by atoms with E-state index in [-0.39, 0.29) is 11.2 Å². The summed E-state index contributed by atoms with van der Waals surface area (Å²) in [4.78, 5) is 4.56. The fourth-order valence-electron chi connectivity index (χ4n) is 2.21. The lowest BCUT2D eigenvalue weighted by Crippen LogP contribution is -2.16. The Hall–Kier alpha value is -1.84. The highest BCUT2D eigenvalue weighted by Gasteiger charge is 2.20. The maximum absolute atomic E-state index is 13.8. The topological polar surface area (TPSA) is 34.2 Å². The largest absolute Gasteiger partial charge is 0.494 e. The van der Waals surface area contributed by atoms with E-state index in [0.29, 0.717) is 5.52 Å². The Morgan fingerprint density at radius 2 is 1.95 bits per heavy atom. The van der Waals surface area contributed by atoms with Crippen LogP contribution < -0.4 is 10.1 Å². The molecule has 1 N–H and O–H groups in total. The SMILES string of the molecule is CCNc1nc2cc(F)c(OC)cc2cc1C(C)(C)C. The molecule has 0 radical (unpaired) electrons. The molecule has 0 spiro atoms. The molecule has 2 aromatic rings. The molecule has 1 aromatic heterocycles. The van der Waals surface area contributed by atoms with Crippen LogP contribution >= 0.6 is 0 Å². The standard InChI is InChI=1S/C16H21FN2O/c1-6-18-15-11(16(2,3)4)7-10-8-14(20-5)12(17)9-13(10)19-15/h7-9H,6H2,1-5H3,(H,18,19). The third-order valence-electron chi connectivity index (χ3n) is 3.24. The fraction of sp³-hybridized carbons (Fsp3) is 0.438. The van der Waals surface area contributed by atoms with Crippen molar-refractivity contribution < 1.29 is 9.13 Å². The van der Waals surface area contributed by atoms with Gasteiger partial charge in [-0.25, -0.2) is 9.37 Å². The fourth-order valence-corrected chi connectivity index (χ4v) is 2.21. The smallest absolute Gasteiger partial charge is 0.167 e. The number of benzene rings is 1. The van der Waals surface area contributed by atoms with Crippen molar-refractivity contribution >= 4 is 16.7 Å². The van der Waals surface area contributed by atoms with E-state index in [1.165, 1.54) is 13.2 Å². The second-order valence-corrected chi connectivity index (χ2v) is 5.84. The van der Waals surface area contributed by atoms with Crippen molar-refractivity contribution in [2.45, 2.75) is 33.1 Å². The Balaban J connectivity index is 2.71. The van der Waals surface area contributed by atoms with Crippen LogP contribution in [0, 0.1) is 5.82 Å². The molecule has 108 valence electrons. The second kappa shape index (κ2) is 5.27. The number of methoxy groups -OCH3 is 1. The molecule has 2 rings (SSSR count). The Morgan fingerprint density at radius 3 is 2.50 bits per heavy atom. The Bertz CT molecular complexity index is 632. The predicted octanol–water partition coefficient (Wildman–Crippen LogP) is 4.11. The van der Waals surface area contributed by atoms with Gasteiger partial charge < -0.3 is 10.1 Å². The first kappa shape index (κ1) is 14.6. The third kappa shape index (κ3) is 2.69. The van der Waals surface area contributed by atoms with Crippen LogP contribution in [0.15, 0.2) is 18.2 Å². The molecular formula is C16H21FN2O. The number of fused-ring (bicyclic) bond motifs is 1. The van der Waals surface area contributed by atoms with Crippen LogP contribution in [0.3, 0.4) is 0 Å². The average molecular weight is 276 g/mol. The summed E-state index contributed by atoms with van der Waals surface area (Å²) in [5.74, 6) is 0.672. The van der Waals surface area contributed by atoms with Crippen LogP contribution in [0.25, 0.3) is 10.9 Å². The number of nitrogens with one attached hydrogen (secondary N) is 1.